The standard InChI is InChI=1S/C26H23Cl2F3N2O6/c1-13(18-6-5-17(10-20(18)28)39-14(2)19(27)8-15(11-32)24(35)36)25(37,26(29,30)31)16-4-7-22-21(9-16)33(3)23(34)12-38-22/h4-11,13,37H,2,12,32H2,1,3H3,(H,35,36)/b15-11+,19-8+/t13-,25-/m1/s1. The van der Waals surface area contributed by atoms with E-state index in [1.807, 2.05) is 0 Å². The molecule has 0 fully saturated rings. The van der Waals surface area contributed by atoms with Crippen LogP contribution in [-0.2, 0) is 15.2 Å². The Kier molecular flexibility index (Phi) is 8.59. The zero-order chi connectivity index (χ0) is 29.3. The molecule has 2 aromatic carbocycles. The number of carboxylic acids is 1. The van der Waals surface area contributed by atoms with Crippen molar-refractivity contribution in [3.8, 4) is 11.5 Å². The van der Waals surface area contributed by atoms with E-state index in [4.69, 9.17) is 43.5 Å². The highest BCUT2D eigenvalue weighted by molar-refractivity contribution is 6.32. The van der Waals surface area contributed by atoms with E-state index in [1.54, 1.807) is 0 Å². The Morgan fingerprint density at radius 3 is 2.51 bits per heavy atom. The molecule has 1 aliphatic rings. The summed E-state index contributed by atoms with van der Waals surface area (Å²) in [5, 5.41) is 19.9. The molecule has 13 heteroatoms. The molecule has 2 aromatic rings. The zero-order valence-corrected chi connectivity index (χ0v) is 22.1. The number of rotatable bonds is 8. The van der Waals surface area contributed by atoms with E-state index in [1.165, 1.54) is 31.3 Å². The van der Waals surface area contributed by atoms with Gasteiger partial charge in [0.25, 0.3) is 5.91 Å². The van der Waals surface area contributed by atoms with Gasteiger partial charge in [0.05, 0.1) is 16.3 Å². The van der Waals surface area contributed by atoms with E-state index in [0.29, 0.717) is 0 Å². The maximum absolute atomic E-state index is 14.5. The molecule has 0 radical (unpaired) electrons. The van der Waals surface area contributed by atoms with Gasteiger partial charge in [0.1, 0.15) is 17.3 Å². The number of carboxylic acid groups (broad SMARTS) is 1. The van der Waals surface area contributed by atoms with Gasteiger partial charge in [-0.3, -0.25) is 4.79 Å². The molecule has 208 valence electrons. The van der Waals surface area contributed by atoms with Crippen molar-refractivity contribution in [2.75, 3.05) is 18.6 Å². The van der Waals surface area contributed by atoms with Crippen molar-refractivity contribution in [2.24, 2.45) is 5.73 Å². The predicted octanol–water partition coefficient (Wildman–Crippen LogP) is 5.19. The highest BCUT2D eigenvalue weighted by atomic mass is 35.5. The summed E-state index contributed by atoms with van der Waals surface area (Å²) in [7, 11) is 1.39. The number of hydrogen-bond acceptors (Lipinski definition) is 6. The number of allylic oxidation sites excluding steroid dienone is 1. The highest BCUT2D eigenvalue weighted by Gasteiger charge is 2.59. The molecule has 39 heavy (non-hydrogen) atoms. The minimum absolute atomic E-state index is 0.0303. The predicted molar refractivity (Wildman–Crippen MR) is 139 cm³/mol. The number of amides is 1. The second kappa shape index (κ2) is 11.2. The number of nitrogens with two attached hydrogens (primary N) is 1. The molecule has 1 heterocycles. The van der Waals surface area contributed by atoms with Gasteiger partial charge in [-0.15, -0.1) is 0 Å². The van der Waals surface area contributed by atoms with E-state index in [0.717, 1.165) is 36.2 Å². The third kappa shape index (κ3) is 5.85. The van der Waals surface area contributed by atoms with Crippen LogP contribution in [-0.4, -0.2) is 41.9 Å². The van der Waals surface area contributed by atoms with Crippen LogP contribution in [0, 0.1) is 0 Å². The van der Waals surface area contributed by atoms with Crippen molar-refractivity contribution in [1.82, 2.24) is 0 Å². The Balaban J connectivity index is 1.96. The SMILES string of the molecule is C=C(Oc1ccc([C@@H](C)[C@@](O)(c2ccc3c(c2)N(C)C(=O)CO3)C(F)(F)F)c(Cl)c1)/C(Cl)=C\C(=C/N)C(=O)O. The molecule has 0 spiro atoms. The van der Waals surface area contributed by atoms with Crippen LogP contribution in [0.3, 0.4) is 0 Å². The third-order valence-corrected chi connectivity index (χ3v) is 6.85. The molecule has 0 aliphatic carbocycles. The van der Waals surface area contributed by atoms with Gasteiger partial charge < -0.3 is 30.3 Å². The second-order valence-electron chi connectivity index (χ2n) is 8.54. The molecular formula is C26H23Cl2F3N2O6. The number of likely N-dealkylation sites (N-methyl/N-ethyl adjacent to an activating group) is 1. The van der Waals surface area contributed by atoms with E-state index in [2.05, 4.69) is 6.58 Å². The first-order chi connectivity index (χ1) is 18.1. The Bertz CT molecular complexity index is 1390. The van der Waals surface area contributed by atoms with E-state index >= 15 is 0 Å². The van der Waals surface area contributed by atoms with Gasteiger partial charge in [-0.2, -0.15) is 13.2 Å². The largest absolute Gasteiger partial charge is 0.482 e. The van der Waals surface area contributed by atoms with Crippen molar-refractivity contribution in [3.63, 3.8) is 0 Å². The third-order valence-electron chi connectivity index (χ3n) is 6.20. The first-order valence-electron chi connectivity index (χ1n) is 11.1. The summed E-state index contributed by atoms with van der Waals surface area (Å²) >= 11 is 12.3. The summed E-state index contributed by atoms with van der Waals surface area (Å²) in [4.78, 5) is 24.2. The molecule has 0 unspecified atom stereocenters. The van der Waals surface area contributed by atoms with Gasteiger partial charge in [0.2, 0.25) is 0 Å². The van der Waals surface area contributed by atoms with Crippen molar-refractivity contribution in [3.05, 3.63) is 87.8 Å². The zero-order valence-electron chi connectivity index (χ0n) is 20.6. The van der Waals surface area contributed by atoms with Gasteiger partial charge in [-0.05, 0) is 41.5 Å². The highest BCUT2D eigenvalue weighted by Crippen LogP contribution is 2.51. The number of halogens is 5. The molecule has 8 nitrogen and oxygen atoms in total. The summed E-state index contributed by atoms with van der Waals surface area (Å²) < 4.78 is 54.2. The summed E-state index contributed by atoms with van der Waals surface area (Å²) in [5.41, 5.74) is 0.992. The van der Waals surface area contributed by atoms with Crippen LogP contribution in [0.2, 0.25) is 5.02 Å². The van der Waals surface area contributed by atoms with Crippen LogP contribution in [0.15, 0.2) is 71.6 Å². The van der Waals surface area contributed by atoms with Crippen LogP contribution in [0.5, 0.6) is 11.5 Å². The molecule has 0 bridgehead atoms. The Morgan fingerprint density at radius 2 is 1.95 bits per heavy atom. The normalized spacial score (nSPS) is 16.6. The fourth-order valence-corrected chi connectivity index (χ4v) is 4.40. The summed E-state index contributed by atoms with van der Waals surface area (Å²) in [6.45, 7) is 4.49. The number of fused-ring (bicyclic) bond motifs is 1. The maximum atomic E-state index is 14.5. The number of carbonyl (C=O) groups is 2. The number of nitrogens with zero attached hydrogens (tertiary/aromatic N) is 1. The molecule has 0 aromatic heterocycles. The molecule has 0 saturated heterocycles. The lowest BCUT2D eigenvalue weighted by Crippen LogP contribution is -2.47. The molecule has 2 atom stereocenters. The van der Waals surface area contributed by atoms with Crippen molar-refractivity contribution in [1.29, 1.82) is 0 Å². The van der Waals surface area contributed by atoms with Gasteiger partial charge in [0, 0.05) is 24.2 Å². The molecule has 0 saturated carbocycles. The number of aliphatic carboxylic acids is 1. The monoisotopic (exact) mass is 586 g/mol. The Morgan fingerprint density at radius 1 is 1.28 bits per heavy atom. The molecule has 1 amide bonds. The van der Waals surface area contributed by atoms with Crippen LogP contribution in [0.1, 0.15) is 24.0 Å². The molecule has 3 rings (SSSR count). The van der Waals surface area contributed by atoms with Crippen LogP contribution in [0.4, 0.5) is 18.9 Å². The van der Waals surface area contributed by atoms with Crippen LogP contribution >= 0.6 is 23.2 Å². The minimum Gasteiger partial charge on any atom is -0.482 e. The molecule has 4 N–H and O–H groups in total. The summed E-state index contributed by atoms with van der Waals surface area (Å²) in [6.07, 6.45) is -3.33. The number of aliphatic hydroxyl groups is 1. The van der Waals surface area contributed by atoms with E-state index in [-0.39, 0.29) is 50.7 Å². The van der Waals surface area contributed by atoms with Gasteiger partial charge in [0.15, 0.2) is 12.2 Å². The smallest absolute Gasteiger partial charge is 0.422 e. The molecular weight excluding hydrogens is 564 g/mol. The van der Waals surface area contributed by atoms with Crippen molar-refractivity contribution in [2.45, 2.75) is 24.6 Å². The average molecular weight is 587 g/mol. The van der Waals surface area contributed by atoms with Gasteiger partial charge in [-0.25, -0.2) is 4.79 Å². The first-order valence-corrected chi connectivity index (χ1v) is 11.9. The van der Waals surface area contributed by atoms with E-state index in [9.17, 15) is 27.9 Å². The Hall–Kier alpha value is -3.67. The lowest BCUT2D eigenvalue weighted by Gasteiger charge is -2.38. The second-order valence-corrected chi connectivity index (χ2v) is 9.35. The number of alkyl halides is 3. The average Bonchev–Trinajstić information content (AvgIpc) is 2.87. The number of hydrogen-bond donors (Lipinski definition) is 3. The lowest BCUT2D eigenvalue weighted by atomic mass is 9.77. The van der Waals surface area contributed by atoms with Gasteiger partial charge in [-0.1, -0.05) is 48.8 Å². The first kappa shape index (κ1) is 29.9. The topological polar surface area (TPSA) is 122 Å². The number of ether oxygens (including phenoxy) is 2. The fourth-order valence-electron chi connectivity index (χ4n) is 3.91. The van der Waals surface area contributed by atoms with Crippen LogP contribution in [0.25, 0.3) is 0 Å². The Labute approximate surface area is 231 Å². The van der Waals surface area contributed by atoms with Crippen LogP contribution < -0.4 is 20.1 Å². The molecule has 1 aliphatic heterocycles. The van der Waals surface area contributed by atoms with Crippen molar-refractivity contribution < 1.29 is 42.4 Å². The fraction of sp³-hybridized carbons (Fsp3) is 0.231. The number of carbonyl (C=O) groups excluding carboxylic acids is 1. The maximum Gasteiger partial charge on any atom is 0.422 e. The van der Waals surface area contributed by atoms with Gasteiger partial charge >= 0.3 is 12.1 Å². The number of benzene rings is 2. The quantitative estimate of drug-likeness (QED) is 0.221. The summed E-state index contributed by atoms with van der Waals surface area (Å²) in [6, 6.07) is 7.12. The minimum atomic E-state index is -5.15. The lowest BCUT2D eigenvalue weighted by molar-refractivity contribution is -0.274. The number of anilines is 1. The van der Waals surface area contributed by atoms with Crippen molar-refractivity contribution >= 4 is 40.8 Å². The summed E-state index contributed by atoms with van der Waals surface area (Å²) in [5.74, 6) is -3.38. The van der Waals surface area contributed by atoms with E-state index < -0.39 is 35.1 Å².